The number of aromatic nitrogens is 4. The average molecular weight is 328 g/mol. The van der Waals surface area contributed by atoms with Gasteiger partial charge in [0.05, 0.1) is 5.92 Å². The number of hydrogen-bond donors (Lipinski definition) is 2. The smallest absolute Gasteiger partial charge is 0.224 e. The SMILES string of the molecule is CCN1CCC[C@@H](C(=O)NCCc2nc(-c3ccncc3)n[nH]2)C1. The summed E-state index contributed by atoms with van der Waals surface area (Å²) in [5.74, 6) is 1.70. The molecule has 0 saturated carbocycles. The molecule has 1 aliphatic rings. The summed E-state index contributed by atoms with van der Waals surface area (Å²) < 4.78 is 0. The highest BCUT2D eigenvalue weighted by Gasteiger charge is 2.24. The number of nitrogens with zero attached hydrogens (tertiary/aromatic N) is 4. The number of carbonyl (C=O) groups excluding carboxylic acids is 1. The summed E-state index contributed by atoms with van der Waals surface area (Å²) in [5.41, 5.74) is 0.929. The highest BCUT2D eigenvalue weighted by Crippen LogP contribution is 2.16. The Morgan fingerprint density at radius 3 is 3.04 bits per heavy atom. The minimum Gasteiger partial charge on any atom is -0.355 e. The highest BCUT2D eigenvalue weighted by molar-refractivity contribution is 5.78. The molecule has 0 bridgehead atoms. The van der Waals surface area contributed by atoms with Crippen LogP contribution < -0.4 is 5.32 Å². The molecule has 0 aromatic carbocycles. The first kappa shape index (κ1) is 16.6. The van der Waals surface area contributed by atoms with Crippen LogP contribution >= 0.6 is 0 Å². The molecule has 1 fully saturated rings. The zero-order chi connectivity index (χ0) is 16.8. The molecule has 2 aromatic heterocycles. The van der Waals surface area contributed by atoms with E-state index in [0.29, 0.717) is 18.8 Å². The van der Waals surface area contributed by atoms with E-state index in [9.17, 15) is 4.79 Å². The maximum absolute atomic E-state index is 12.3. The van der Waals surface area contributed by atoms with Crippen molar-refractivity contribution in [1.82, 2.24) is 30.4 Å². The van der Waals surface area contributed by atoms with Gasteiger partial charge in [-0.25, -0.2) is 4.98 Å². The fourth-order valence-electron chi connectivity index (χ4n) is 3.04. The molecule has 7 nitrogen and oxygen atoms in total. The van der Waals surface area contributed by atoms with Gasteiger partial charge in [-0.15, -0.1) is 0 Å². The maximum atomic E-state index is 12.3. The minimum atomic E-state index is 0.112. The lowest BCUT2D eigenvalue weighted by Crippen LogP contribution is -2.43. The molecule has 1 saturated heterocycles. The van der Waals surface area contributed by atoms with Crippen LogP contribution in [0.2, 0.25) is 0 Å². The van der Waals surface area contributed by atoms with Gasteiger partial charge in [-0.1, -0.05) is 6.92 Å². The molecule has 0 unspecified atom stereocenters. The third kappa shape index (κ3) is 4.17. The second kappa shape index (κ2) is 8.01. The van der Waals surface area contributed by atoms with Crippen molar-refractivity contribution >= 4 is 5.91 Å². The second-order valence-electron chi connectivity index (χ2n) is 6.12. The number of carbonyl (C=O) groups is 1. The zero-order valence-electron chi connectivity index (χ0n) is 14.0. The van der Waals surface area contributed by atoms with Crippen LogP contribution in [0.1, 0.15) is 25.6 Å². The fourth-order valence-corrected chi connectivity index (χ4v) is 3.04. The van der Waals surface area contributed by atoms with Crippen molar-refractivity contribution in [2.45, 2.75) is 26.2 Å². The second-order valence-corrected chi connectivity index (χ2v) is 6.12. The van der Waals surface area contributed by atoms with Gasteiger partial charge in [-0.3, -0.25) is 14.9 Å². The first-order valence-corrected chi connectivity index (χ1v) is 8.58. The predicted molar refractivity (Wildman–Crippen MR) is 91.2 cm³/mol. The van der Waals surface area contributed by atoms with Gasteiger partial charge in [0.1, 0.15) is 5.82 Å². The van der Waals surface area contributed by atoms with Crippen LogP contribution in [0, 0.1) is 5.92 Å². The summed E-state index contributed by atoms with van der Waals surface area (Å²) in [6.45, 7) is 5.71. The van der Waals surface area contributed by atoms with Gasteiger partial charge in [-0.2, -0.15) is 5.10 Å². The normalized spacial score (nSPS) is 18.5. The van der Waals surface area contributed by atoms with Gasteiger partial charge in [0.2, 0.25) is 5.91 Å². The molecule has 0 radical (unpaired) electrons. The fraction of sp³-hybridized carbons (Fsp3) is 0.529. The Morgan fingerprint density at radius 1 is 1.42 bits per heavy atom. The minimum absolute atomic E-state index is 0.112. The van der Waals surface area contributed by atoms with Crippen molar-refractivity contribution in [1.29, 1.82) is 0 Å². The molecule has 2 aromatic rings. The van der Waals surface area contributed by atoms with Gasteiger partial charge < -0.3 is 10.2 Å². The summed E-state index contributed by atoms with van der Waals surface area (Å²) in [4.78, 5) is 23.1. The Hall–Kier alpha value is -2.28. The lowest BCUT2D eigenvalue weighted by atomic mass is 9.97. The molecule has 1 atom stereocenters. The van der Waals surface area contributed by atoms with Crippen molar-refractivity contribution in [3.63, 3.8) is 0 Å². The Kier molecular flexibility index (Phi) is 5.53. The summed E-state index contributed by atoms with van der Waals surface area (Å²) in [5, 5.41) is 10.2. The van der Waals surface area contributed by atoms with Crippen LogP contribution in [-0.2, 0) is 11.2 Å². The molecular formula is C17H24N6O. The number of piperidine rings is 1. The quantitative estimate of drug-likeness (QED) is 0.833. The molecular weight excluding hydrogens is 304 g/mol. The van der Waals surface area contributed by atoms with Gasteiger partial charge in [0, 0.05) is 37.5 Å². The number of nitrogens with one attached hydrogen (secondary N) is 2. The summed E-state index contributed by atoms with van der Waals surface area (Å²) in [7, 11) is 0. The summed E-state index contributed by atoms with van der Waals surface area (Å²) >= 11 is 0. The molecule has 24 heavy (non-hydrogen) atoms. The van der Waals surface area contributed by atoms with Gasteiger partial charge >= 0.3 is 0 Å². The number of H-pyrrole nitrogens is 1. The first-order valence-electron chi connectivity index (χ1n) is 8.58. The number of likely N-dealkylation sites (tertiary alicyclic amines) is 1. The number of amides is 1. The van der Waals surface area contributed by atoms with E-state index in [1.54, 1.807) is 12.4 Å². The highest BCUT2D eigenvalue weighted by atomic mass is 16.1. The molecule has 128 valence electrons. The maximum Gasteiger partial charge on any atom is 0.224 e. The molecule has 0 spiro atoms. The van der Waals surface area contributed by atoms with E-state index in [-0.39, 0.29) is 11.8 Å². The first-order chi connectivity index (χ1) is 11.8. The molecule has 3 heterocycles. The van der Waals surface area contributed by atoms with E-state index in [1.165, 1.54) is 0 Å². The zero-order valence-corrected chi connectivity index (χ0v) is 14.0. The van der Waals surface area contributed by atoms with E-state index in [4.69, 9.17) is 0 Å². The number of hydrogen-bond acceptors (Lipinski definition) is 5. The van der Waals surface area contributed by atoms with E-state index in [1.807, 2.05) is 12.1 Å². The van der Waals surface area contributed by atoms with Crippen molar-refractivity contribution in [3.05, 3.63) is 30.4 Å². The predicted octanol–water partition coefficient (Wildman–Crippen LogP) is 1.26. The number of rotatable bonds is 6. The standard InChI is InChI=1S/C17H24N6O/c1-2-23-11-3-4-14(12-23)17(24)19-10-7-15-20-16(22-21-15)13-5-8-18-9-6-13/h5-6,8-9,14H,2-4,7,10-12H2,1H3,(H,19,24)(H,20,21,22)/t14-/m1/s1. The van der Waals surface area contributed by atoms with E-state index < -0.39 is 0 Å². The largest absolute Gasteiger partial charge is 0.355 e. The Labute approximate surface area is 141 Å². The van der Waals surface area contributed by atoms with Crippen molar-refractivity contribution < 1.29 is 4.79 Å². The van der Waals surface area contributed by atoms with Crippen LogP contribution in [0.15, 0.2) is 24.5 Å². The molecule has 1 amide bonds. The Bertz CT molecular complexity index is 656. The van der Waals surface area contributed by atoms with E-state index in [2.05, 4.69) is 37.3 Å². The van der Waals surface area contributed by atoms with Crippen molar-refractivity contribution in [2.75, 3.05) is 26.2 Å². The van der Waals surface area contributed by atoms with Crippen LogP contribution in [-0.4, -0.2) is 57.2 Å². The van der Waals surface area contributed by atoms with Gasteiger partial charge in [-0.05, 0) is 38.1 Å². The number of pyridine rings is 1. The molecule has 0 aliphatic carbocycles. The molecule has 1 aliphatic heterocycles. The number of aromatic amines is 1. The van der Waals surface area contributed by atoms with Crippen molar-refractivity contribution in [3.8, 4) is 11.4 Å². The lowest BCUT2D eigenvalue weighted by Gasteiger charge is -2.30. The third-order valence-electron chi connectivity index (χ3n) is 4.45. The van der Waals surface area contributed by atoms with E-state index >= 15 is 0 Å². The van der Waals surface area contributed by atoms with Crippen LogP contribution in [0.25, 0.3) is 11.4 Å². The van der Waals surface area contributed by atoms with Crippen LogP contribution in [0.5, 0.6) is 0 Å². The average Bonchev–Trinajstić information content (AvgIpc) is 3.11. The Morgan fingerprint density at radius 2 is 2.25 bits per heavy atom. The third-order valence-corrected chi connectivity index (χ3v) is 4.45. The molecule has 3 rings (SSSR count). The van der Waals surface area contributed by atoms with Gasteiger partial charge in [0.15, 0.2) is 5.82 Å². The lowest BCUT2D eigenvalue weighted by molar-refractivity contribution is -0.126. The topological polar surface area (TPSA) is 86.8 Å². The van der Waals surface area contributed by atoms with Crippen LogP contribution in [0.4, 0.5) is 0 Å². The molecule has 7 heteroatoms. The van der Waals surface area contributed by atoms with Crippen LogP contribution in [0.3, 0.4) is 0 Å². The Balaban J connectivity index is 1.46. The molecule has 2 N–H and O–H groups in total. The summed E-state index contributed by atoms with van der Waals surface area (Å²) in [6.07, 6.45) is 6.17. The van der Waals surface area contributed by atoms with Gasteiger partial charge in [0.25, 0.3) is 0 Å². The summed E-state index contributed by atoms with van der Waals surface area (Å²) in [6, 6.07) is 3.74. The van der Waals surface area contributed by atoms with E-state index in [0.717, 1.165) is 43.9 Å². The monoisotopic (exact) mass is 328 g/mol. The van der Waals surface area contributed by atoms with Crippen molar-refractivity contribution in [2.24, 2.45) is 5.92 Å².